The molecule has 3 nitrogen and oxygen atoms in total. The van der Waals surface area contributed by atoms with Gasteiger partial charge in [0, 0.05) is 6.07 Å². The molecule has 2 N–H and O–H groups in total. The fourth-order valence-electron chi connectivity index (χ4n) is 1.31. The Bertz CT molecular complexity index is 262. The number of aromatic nitrogens is 1. The van der Waals surface area contributed by atoms with Gasteiger partial charge in [0.05, 0.1) is 6.20 Å². The minimum Gasteiger partial charge on any atom is -0.385 e. The number of nitrogens with zero attached hydrogens (tertiary/aromatic N) is 1. The molecule has 1 aliphatic heterocycles. The molecule has 1 aromatic rings. The molecule has 2 rings (SSSR count). The van der Waals surface area contributed by atoms with E-state index in [1.807, 2.05) is 29.0 Å². The highest BCUT2D eigenvalue weighted by Crippen LogP contribution is 2.03. The average Bonchev–Trinajstić information content (AvgIpc) is 2.04. The fourth-order valence-corrected chi connectivity index (χ4v) is 1.31. The second kappa shape index (κ2) is 2.51. The zero-order valence-electron chi connectivity index (χ0n) is 6.20. The average molecular weight is 151 g/mol. The highest BCUT2D eigenvalue weighted by Gasteiger charge is 2.19. The van der Waals surface area contributed by atoms with Crippen LogP contribution in [0.15, 0.2) is 24.4 Å². The molecular weight excluding hydrogens is 140 g/mol. The lowest BCUT2D eigenvalue weighted by Gasteiger charge is -2.16. The van der Waals surface area contributed by atoms with Gasteiger partial charge in [-0.1, -0.05) is 6.07 Å². The van der Waals surface area contributed by atoms with Crippen molar-refractivity contribution < 1.29 is 9.67 Å². The highest BCUT2D eigenvalue weighted by atomic mass is 16.3. The lowest BCUT2D eigenvalue weighted by atomic mass is 10.2. The van der Waals surface area contributed by atoms with Gasteiger partial charge < -0.3 is 5.11 Å². The number of hydrogen-bond acceptors (Lipinski definition) is 2. The van der Waals surface area contributed by atoms with Gasteiger partial charge in [0.2, 0.25) is 0 Å². The third-order valence-corrected chi connectivity index (χ3v) is 1.87. The Morgan fingerprint density at radius 3 is 3.36 bits per heavy atom. The van der Waals surface area contributed by atoms with E-state index >= 15 is 0 Å². The molecule has 1 aliphatic rings. The molecule has 0 bridgehead atoms. The maximum atomic E-state index is 9.27. The molecule has 0 saturated carbocycles. The number of aliphatic hydroxyl groups is 1. The molecule has 0 fully saturated rings. The van der Waals surface area contributed by atoms with Crippen molar-refractivity contribution in [3.05, 3.63) is 24.4 Å². The van der Waals surface area contributed by atoms with Crippen molar-refractivity contribution in [3.8, 4) is 0 Å². The number of fused-ring (bicyclic) bond motifs is 1. The van der Waals surface area contributed by atoms with Crippen molar-refractivity contribution in [2.24, 2.45) is 0 Å². The van der Waals surface area contributed by atoms with Gasteiger partial charge in [0.15, 0.2) is 0 Å². The molecule has 0 spiro atoms. The van der Waals surface area contributed by atoms with E-state index in [-0.39, 0.29) is 6.10 Å². The van der Waals surface area contributed by atoms with Gasteiger partial charge in [0.25, 0.3) is 5.82 Å². The van der Waals surface area contributed by atoms with Gasteiger partial charge in [-0.2, -0.15) is 0 Å². The summed E-state index contributed by atoms with van der Waals surface area (Å²) >= 11 is 0. The predicted molar refractivity (Wildman–Crippen MR) is 41.1 cm³/mol. The fraction of sp³-hybridized carbons (Fsp3) is 0.375. The van der Waals surface area contributed by atoms with Crippen LogP contribution in [0, 0.1) is 0 Å². The summed E-state index contributed by atoms with van der Waals surface area (Å²) in [5.41, 5.74) is 0. The molecule has 1 aromatic heterocycles. The van der Waals surface area contributed by atoms with Crippen molar-refractivity contribution in [2.75, 3.05) is 11.9 Å². The number of rotatable bonds is 0. The van der Waals surface area contributed by atoms with Crippen LogP contribution in [0.3, 0.4) is 0 Å². The van der Waals surface area contributed by atoms with Gasteiger partial charge in [-0.15, -0.1) is 0 Å². The van der Waals surface area contributed by atoms with E-state index in [1.165, 1.54) is 0 Å². The van der Waals surface area contributed by atoms with Gasteiger partial charge >= 0.3 is 0 Å². The normalized spacial score (nSPS) is 22.1. The maximum Gasteiger partial charge on any atom is 0.274 e. The molecule has 0 aromatic carbocycles. The first-order valence-electron chi connectivity index (χ1n) is 3.76. The summed E-state index contributed by atoms with van der Waals surface area (Å²) in [6, 6.07) is 5.95. The molecular formula is C8H11N2O+. The summed E-state index contributed by atoms with van der Waals surface area (Å²) in [4.78, 5) is 0. The predicted octanol–water partition coefficient (Wildman–Crippen LogP) is -0.240. The highest BCUT2D eigenvalue weighted by molar-refractivity contribution is 5.28. The van der Waals surface area contributed by atoms with Crippen molar-refractivity contribution in [1.82, 2.24) is 0 Å². The minimum atomic E-state index is -0.255. The lowest BCUT2D eigenvalue weighted by Crippen LogP contribution is -2.49. The van der Waals surface area contributed by atoms with Gasteiger partial charge in [0.1, 0.15) is 19.2 Å². The number of aliphatic hydroxyl groups excluding tert-OH is 1. The zero-order chi connectivity index (χ0) is 7.68. The minimum absolute atomic E-state index is 0.255. The van der Waals surface area contributed by atoms with E-state index in [0.717, 1.165) is 5.82 Å². The molecule has 1 unspecified atom stereocenters. The Hall–Kier alpha value is -1.09. The van der Waals surface area contributed by atoms with Crippen LogP contribution in [0.4, 0.5) is 5.82 Å². The zero-order valence-corrected chi connectivity index (χ0v) is 6.20. The summed E-state index contributed by atoms with van der Waals surface area (Å²) in [5, 5.41) is 12.4. The smallest absolute Gasteiger partial charge is 0.274 e. The van der Waals surface area contributed by atoms with E-state index in [0.29, 0.717) is 13.1 Å². The Kier molecular flexibility index (Phi) is 1.51. The molecule has 11 heavy (non-hydrogen) atoms. The van der Waals surface area contributed by atoms with E-state index in [1.54, 1.807) is 0 Å². The number of anilines is 1. The Morgan fingerprint density at radius 2 is 2.45 bits per heavy atom. The Morgan fingerprint density at radius 1 is 1.55 bits per heavy atom. The van der Waals surface area contributed by atoms with Crippen LogP contribution in [0.2, 0.25) is 0 Å². The third kappa shape index (κ3) is 1.19. The molecule has 0 amide bonds. The molecule has 0 radical (unpaired) electrons. The third-order valence-electron chi connectivity index (χ3n) is 1.87. The van der Waals surface area contributed by atoms with Crippen molar-refractivity contribution in [3.63, 3.8) is 0 Å². The monoisotopic (exact) mass is 151 g/mol. The van der Waals surface area contributed by atoms with Crippen LogP contribution in [0.25, 0.3) is 0 Å². The summed E-state index contributed by atoms with van der Waals surface area (Å²) in [6.45, 7) is 1.35. The molecule has 3 heteroatoms. The summed E-state index contributed by atoms with van der Waals surface area (Å²) in [6.07, 6.45) is 1.71. The van der Waals surface area contributed by atoms with Gasteiger partial charge in [-0.25, -0.2) is 4.57 Å². The van der Waals surface area contributed by atoms with Crippen LogP contribution >= 0.6 is 0 Å². The SMILES string of the molecule is OC1CNc2cccc[n+]2C1. The lowest BCUT2D eigenvalue weighted by molar-refractivity contribution is -0.693. The molecule has 0 aliphatic carbocycles. The molecule has 1 atom stereocenters. The summed E-state index contributed by atoms with van der Waals surface area (Å²) in [7, 11) is 0. The molecule has 0 saturated heterocycles. The first kappa shape index (κ1) is 6.61. The van der Waals surface area contributed by atoms with E-state index < -0.39 is 0 Å². The van der Waals surface area contributed by atoms with Gasteiger partial charge in [-0.3, -0.25) is 5.32 Å². The van der Waals surface area contributed by atoms with Crippen molar-refractivity contribution in [1.29, 1.82) is 0 Å². The quantitative estimate of drug-likeness (QED) is 0.502. The first-order valence-corrected chi connectivity index (χ1v) is 3.76. The Labute approximate surface area is 65.3 Å². The number of pyridine rings is 1. The maximum absolute atomic E-state index is 9.27. The van der Waals surface area contributed by atoms with Gasteiger partial charge in [-0.05, 0) is 6.07 Å². The van der Waals surface area contributed by atoms with Crippen LogP contribution in [-0.2, 0) is 6.54 Å². The largest absolute Gasteiger partial charge is 0.385 e. The number of β-amino-alcohol motifs (C(OH)–C–C–N with tert-alkyl or cyclic N) is 1. The van der Waals surface area contributed by atoms with Crippen LogP contribution in [0.1, 0.15) is 0 Å². The Balaban J connectivity index is 2.34. The van der Waals surface area contributed by atoms with Crippen molar-refractivity contribution in [2.45, 2.75) is 12.6 Å². The second-order valence-corrected chi connectivity index (χ2v) is 2.77. The van der Waals surface area contributed by atoms with Crippen molar-refractivity contribution >= 4 is 5.82 Å². The van der Waals surface area contributed by atoms with E-state index in [4.69, 9.17) is 0 Å². The van der Waals surface area contributed by atoms with E-state index in [2.05, 4.69) is 5.32 Å². The number of hydrogen-bond donors (Lipinski definition) is 2. The summed E-state index contributed by atoms with van der Waals surface area (Å²) < 4.78 is 2.01. The second-order valence-electron chi connectivity index (χ2n) is 2.77. The number of nitrogens with one attached hydrogen (secondary N) is 1. The van der Waals surface area contributed by atoms with Crippen LogP contribution < -0.4 is 9.88 Å². The standard InChI is InChI=1S/C8H10N2O/c11-7-5-9-8-3-1-2-4-10(8)6-7/h1-4,7,11H,5-6H2/p+1. The summed E-state index contributed by atoms with van der Waals surface area (Å²) in [5.74, 6) is 1.08. The molecule has 2 heterocycles. The van der Waals surface area contributed by atoms with E-state index in [9.17, 15) is 5.11 Å². The van der Waals surface area contributed by atoms with Crippen LogP contribution in [0.5, 0.6) is 0 Å². The topological polar surface area (TPSA) is 36.1 Å². The first-order chi connectivity index (χ1) is 5.36. The van der Waals surface area contributed by atoms with Crippen LogP contribution in [-0.4, -0.2) is 17.8 Å². The molecule has 58 valence electrons.